The minimum Gasteiger partial charge on any atom is -0.465 e. The predicted octanol–water partition coefficient (Wildman–Crippen LogP) is 5.22. The fourth-order valence-corrected chi connectivity index (χ4v) is 11.6. The summed E-state index contributed by atoms with van der Waals surface area (Å²) in [5.74, 6) is 0.405. The third-order valence-corrected chi connectivity index (χ3v) is 13.2. The van der Waals surface area contributed by atoms with Gasteiger partial charge in [0.15, 0.2) is 0 Å². The van der Waals surface area contributed by atoms with Gasteiger partial charge in [-0.3, -0.25) is 4.79 Å². The van der Waals surface area contributed by atoms with Crippen molar-refractivity contribution in [3.05, 3.63) is 11.6 Å². The zero-order valence-corrected chi connectivity index (χ0v) is 17.2. The van der Waals surface area contributed by atoms with E-state index in [0.29, 0.717) is 29.1 Å². The highest BCUT2D eigenvalue weighted by Crippen LogP contribution is 2.58. The van der Waals surface area contributed by atoms with Crippen LogP contribution in [0.5, 0.6) is 0 Å². The summed E-state index contributed by atoms with van der Waals surface area (Å²) < 4.78 is 12.6. The molecule has 4 heteroatoms. The van der Waals surface area contributed by atoms with Crippen molar-refractivity contribution in [2.75, 3.05) is 6.61 Å². The number of carbonyl (C=O) groups excluding carboxylic acids is 1. The van der Waals surface area contributed by atoms with Crippen LogP contribution in [0.15, 0.2) is 11.6 Å². The number of ether oxygens (including phenoxy) is 1. The van der Waals surface area contributed by atoms with Crippen LogP contribution in [-0.4, -0.2) is 27.0 Å². The lowest BCUT2D eigenvalue weighted by Crippen LogP contribution is -2.50. The van der Waals surface area contributed by atoms with Crippen LogP contribution in [0, 0.1) is 11.3 Å². The molecule has 0 aromatic rings. The summed E-state index contributed by atoms with van der Waals surface area (Å²) in [5.41, 5.74) is 2.66. The van der Waals surface area contributed by atoms with Crippen LogP contribution in [0.1, 0.15) is 67.2 Å². The van der Waals surface area contributed by atoms with Gasteiger partial charge in [-0.2, -0.15) is 0 Å². The Labute approximate surface area is 148 Å². The highest BCUT2D eigenvalue weighted by Gasteiger charge is 2.61. The Morgan fingerprint density at radius 3 is 2.33 bits per heavy atom. The van der Waals surface area contributed by atoms with Gasteiger partial charge in [-0.05, 0) is 47.9 Å². The van der Waals surface area contributed by atoms with E-state index in [1.807, 2.05) is 0 Å². The number of esters is 1. The van der Waals surface area contributed by atoms with Crippen LogP contribution in [0.3, 0.4) is 0 Å². The van der Waals surface area contributed by atoms with Crippen LogP contribution < -0.4 is 0 Å². The molecular weight excluding hydrogens is 316 g/mol. The minimum absolute atomic E-state index is 0.0236. The highest BCUT2D eigenvalue weighted by molar-refractivity contribution is 6.77. The van der Waals surface area contributed by atoms with Gasteiger partial charge in [0.05, 0.1) is 18.1 Å². The molecule has 1 unspecified atom stereocenters. The Morgan fingerprint density at radius 1 is 1.12 bits per heavy atom. The molecule has 0 bridgehead atoms. The molecule has 1 spiro atoms. The molecule has 2 aliphatic carbocycles. The zero-order valence-electron chi connectivity index (χ0n) is 16.2. The van der Waals surface area contributed by atoms with Crippen molar-refractivity contribution in [3.63, 3.8) is 0 Å². The fraction of sp³-hybridized carbons (Fsp3) is 0.850. The minimum atomic E-state index is -1.93. The van der Waals surface area contributed by atoms with Gasteiger partial charge < -0.3 is 9.16 Å². The standard InChI is InChI=1S/C20H34O3Si/c1-13(2)24(14(3)4,15(5)6)23-18-10-11-20-16(12-22-19(20)21)8-7-9-17(18)20/h9,13-16,18H,7-8,10-12H2,1-6H3/t16-,18?,20+/m1/s1. The van der Waals surface area contributed by atoms with Crippen molar-refractivity contribution in [1.82, 2.24) is 0 Å². The molecule has 0 amide bonds. The molecule has 1 heterocycles. The Balaban J connectivity index is 1.94. The molecule has 2 fully saturated rings. The van der Waals surface area contributed by atoms with Gasteiger partial charge in [-0.1, -0.05) is 47.6 Å². The van der Waals surface area contributed by atoms with E-state index in [1.54, 1.807) is 0 Å². The van der Waals surface area contributed by atoms with E-state index in [1.165, 1.54) is 5.57 Å². The summed E-state index contributed by atoms with van der Waals surface area (Å²) in [5, 5.41) is 0. The molecule has 3 aliphatic rings. The van der Waals surface area contributed by atoms with Crippen molar-refractivity contribution in [1.29, 1.82) is 0 Å². The molecular formula is C20H34O3Si. The van der Waals surface area contributed by atoms with E-state index in [0.717, 1.165) is 25.7 Å². The molecule has 1 aliphatic heterocycles. The van der Waals surface area contributed by atoms with Gasteiger partial charge >= 0.3 is 5.97 Å². The molecule has 0 aromatic heterocycles. The smallest absolute Gasteiger partial charge is 0.316 e. The van der Waals surface area contributed by atoms with Crippen molar-refractivity contribution < 1.29 is 14.0 Å². The maximum absolute atomic E-state index is 12.6. The number of hydrogen-bond donors (Lipinski definition) is 0. The molecule has 3 atom stereocenters. The second kappa shape index (κ2) is 6.28. The van der Waals surface area contributed by atoms with Gasteiger partial charge in [0.1, 0.15) is 0 Å². The summed E-state index contributed by atoms with van der Waals surface area (Å²) in [4.78, 5) is 12.6. The summed E-state index contributed by atoms with van der Waals surface area (Å²) in [6.07, 6.45) is 6.52. The SMILES string of the molecule is CC(C)[Si](OC1CC[C@]23C(=O)OC[C@H]2CCC=C13)(C(C)C)C(C)C. The molecule has 24 heavy (non-hydrogen) atoms. The number of cyclic esters (lactones) is 1. The summed E-state index contributed by atoms with van der Waals surface area (Å²) in [7, 11) is -1.93. The molecule has 1 saturated heterocycles. The molecule has 0 radical (unpaired) electrons. The molecule has 136 valence electrons. The Kier molecular flexibility index (Phi) is 4.76. The fourth-order valence-electron chi connectivity index (χ4n) is 6.08. The number of allylic oxidation sites excluding steroid dienone is 1. The summed E-state index contributed by atoms with van der Waals surface area (Å²) in [6, 6.07) is 0. The van der Waals surface area contributed by atoms with Gasteiger partial charge in [0.2, 0.25) is 8.32 Å². The lowest BCUT2D eigenvalue weighted by Gasteiger charge is -2.45. The quantitative estimate of drug-likeness (QED) is 0.387. The van der Waals surface area contributed by atoms with Crippen molar-refractivity contribution in [3.8, 4) is 0 Å². The van der Waals surface area contributed by atoms with E-state index >= 15 is 0 Å². The molecule has 3 nitrogen and oxygen atoms in total. The second-order valence-electron chi connectivity index (χ2n) is 8.97. The van der Waals surface area contributed by atoms with Gasteiger partial charge in [-0.15, -0.1) is 0 Å². The Morgan fingerprint density at radius 2 is 1.75 bits per heavy atom. The predicted molar refractivity (Wildman–Crippen MR) is 99.4 cm³/mol. The maximum atomic E-state index is 12.6. The molecule has 1 saturated carbocycles. The first-order valence-corrected chi connectivity index (χ1v) is 12.0. The van der Waals surface area contributed by atoms with Gasteiger partial charge in [0, 0.05) is 5.92 Å². The third-order valence-electron chi connectivity index (χ3n) is 7.07. The Bertz CT molecular complexity index is 515. The number of hydrogen-bond acceptors (Lipinski definition) is 3. The van der Waals surface area contributed by atoms with Gasteiger partial charge in [0.25, 0.3) is 0 Å². The van der Waals surface area contributed by atoms with E-state index in [2.05, 4.69) is 47.6 Å². The molecule has 0 N–H and O–H groups in total. The van der Waals surface area contributed by atoms with Gasteiger partial charge in [-0.25, -0.2) is 0 Å². The second-order valence-corrected chi connectivity index (χ2v) is 14.4. The van der Waals surface area contributed by atoms with E-state index in [4.69, 9.17) is 9.16 Å². The average molecular weight is 351 g/mol. The summed E-state index contributed by atoms with van der Waals surface area (Å²) >= 11 is 0. The zero-order chi connectivity index (χ0) is 17.7. The number of rotatable bonds is 5. The van der Waals surface area contributed by atoms with E-state index in [-0.39, 0.29) is 17.5 Å². The molecule has 3 rings (SSSR count). The largest absolute Gasteiger partial charge is 0.465 e. The van der Waals surface area contributed by atoms with Crippen LogP contribution in [0.4, 0.5) is 0 Å². The first-order valence-electron chi connectivity index (χ1n) is 9.82. The lowest BCUT2D eigenvalue weighted by molar-refractivity contribution is -0.144. The van der Waals surface area contributed by atoms with Crippen LogP contribution in [-0.2, 0) is 14.0 Å². The van der Waals surface area contributed by atoms with Crippen LogP contribution in [0.2, 0.25) is 16.6 Å². The Hall–Kier alpha value is -0.613. The van der Waals surface area contributed by atoms with Crippen molar-refractivity contribution in [2.45, 2.75) is 90.0 Å². The topological polar surface area (TPSA) is 35.5 Å². The van der Waals surface area contributed by atoms with E-state index < -0.39 is 8.32 Å². The monoisotopic (exact) mass is 350 g/mol. The van der Waals surface area contributed by atoms with E-state index in [9.17, 15) is 4.79 Å². The highest BCUT2D eigenvalue weighted by atomic mass is 28.4. The average Bonchev–Trinajstić information content (AvgIpc) is 3.04. The van der Waals surface area contributed by atoms with Crippen LogP contribution in [0.25, 0.3) is 0 Å². The maximum Gasteiger partial charge on any atom is 0.316 e. The van der Waals surface area contributed by atoms with Crippen molar-refractivity contribution in [2.24, 2.45) is 11.3 Å². The lowest BCUT2D eigenvalue weighted by atomic mass is 9.68. The normalized spacial score (nSPS) is 33.0. The first kappa shape index (κ1) is 18.2. The van der Waals surface area contributed by atoms with Crippen LogP contribution >= 0.6 is 0 Å². The summed E-state index contributed by atoms with van der Waals surface area (Å²) in [6.45, 7) is 14.6. The number of carbonyl (C=O) groups is 1. The molecule has 0 aromatic carbocycles. The van der Waals surface area contributed by atoms with Crippen molar-refractivity contribution >= 4 is 14.3 Å². The third kappa shape index (κ3) is 2.36. The first-order chi connectivity index (χ1) is 11.3.